The summed E-state index contributed by atoms with van der Waals surface area (Å²) in [5.41, 5.74) is 2.71. The van der Waals surface area contributed by atoms with Gasteiger partial charge < -0.3 is 14.8 Å². The van der Waals surface area contributed by atoms with E-state index in [1.807, 2.05) is 54.6 Å². The van der Waals surface area contributed by atoms with Crippen molar-refractivity contribution in [2.75, 3.05) is 7.11 Å². The molecule has 2 rings (SSSR count). The first-order valence-corrected chi connectivity index (χ1v) is 9.24. The van der Waals surface area contributed by atoms with Crippen LogP contribution in [-0.4, -0.2) is 25.2 Å². The summed E-state index contributed by atoms with van der Waals surface area (Å²) in [5.74, 6) is -0.542. The van der Waals surface area contributed by atoms with Gasteiger partial charge in [-0.15, -0.1) is 0 Å². The van der Waals surface area contributed by atoms with Gasteiger partial charge in [0.2, 0.25) is 0 Å². The molecule has 0 aliphatic heterocycles. The van der Waals surface area contributed by atoms with Gasteiger partial charge in [-0.3, -0.25) is 0 Å². The molecule has 0 saturated heterocycles. The predicted octanol–water partition coefficient (Wildman–Crippen LogP) is 4.41. The van der Waals surface area contributed by atoms with E-state index in [1.54, 1.807) is 0 Å². The highest BCUT2D eigenvalue weighted by molar-refractivity contribution is 9.10. The monoisotopic (exact) mass is 431 g/mol. The maximum Gasteiger partial charge on any atom is 0.408 e. The van der Waals surface area contributed by atoms with Crippen LogP contribution in [0.5, 0.6) is 0 Å². The summed E-state index contributed by atoms with van der Waals surface area (Å²) in [6, 6.07) is 16.2. The van der Waals surface area contributed by atoms with Gasteiger partial charge in [-0.2, -0.15) is 0 Å². The van der Waals surface area contributed by atoms with Crippen molar-refractivity contribution in [2.45, 2.75) is 25.5 Å². The number of methoxy groups -OCH3 is 1. The SMILES string of the molecule is C=C(Cc1ccccc1Br)CC(NC(=O)OCc1ccccc1)C(=O)OC. The molecule has 0 heterocycles. The maximum absolute atomic E-state index is 12.1. The van der Waals surface area contributed by atoms with Crippen molar-refractivity contribution < 1.29 is 19.1 Å². The molecule has 27 heavy (non-hydrogen) atoms. The first-order chi connectivity index (χ1) is 13.0. The Morgan fingerprint density at radius 2 is 1.78 bits per heavy atom. The predicted molar refractivity (Wildman–Crippen MR) is 107 cm³/mol. The first kappa shape index (κ1) is 20.7. The number of alkyl carbamates (subject to hydrolysis) is 1. The van der Waals surface area contributed by atoms with Crippen molar-refractivity contribution in [2.24, 2.45) is 0 Å². The van der Waals surface area contributed by atoms with Gasteiger partial charge in [-0.25, -0.2) is 9.59 Å². The molecule has 1 N–H and O–H groups in total. The number of benzene rings is 2. The lowest BCUT2D eigenvalue weighted by atomic mass is 10.0. The number of nitrogens with one attached hydrogen (secondary N) is 1. The van der Waals surface area contributed by atoms with Crippen LogP contribution in [0.15, 0.2) is 71.2 Å². The molecule has 0 radical (unpaired) electrons. The van der Waals surface area contributed by atoms with Gasteiger partial charge in [0.15, 0.2) is 0 Å². The fourth-order valence-electron chi connectivity index (χ4n) is 2.51. The Morgan fingerprint density at radius 3 is 2.44 bits per heavy atom. The van der Waals surface area contributed by atoms with Gasteiger partial charge in [0.05, 0.1) is 7.11 Å². The zero-order chi connectivity index (χ0) is 19.6. The molecule has 142 valence electrons. The number of carbonyl (C=O) groups excluding carboxylic acids is 2. The van der Waals surface area contributed by atoms with Gasteiger partial charge in [0.25, 0.3) is 0 Å². The first-order valence-electron chi connectivity index (χ1n) is 8.44. The van der Waals surface area contributed by atoms with Crippen LogP contribution in [0.2, 0.25) is 0 Å². The normalized spacial score (nSPS) is 11.3. The highest BCUT2D eigenvalue weighted by atomic mass is 79.9. The van der Waals surface area contributed by atoms with E-state index in [-0.39, 0.29) is 13.0 Å². The average molecular weight is 432 g/mol. The van der Waals surface area contributed by atoms with Crippen LogP contribution >= 0.6 is 15.9 Å². The lowest BCUT2D eigenvalue weighted by Crippen LogP contribution is -2.42. The fourth-order valence-corrected chi connectivity index (χ4v) is 2.94. The van der Waals surface area contributed by atoms with Gasteiger partial charge in [-0.05, 0) is 30.0 Å². The zero-order valence-electron chi connectivity index (χ0n) is 15.1. The number of rotatable bonds is 8. The van der Waals surface area contributed by atoms with Crippen LogP contribution in [0.25, 0.3) is 0 Å². The molecule has 0 aliphatic rings. The molecule has 1 amide bonds. The Morgan fingerprint density at radius 1 is 1.11 bits per heavy atom. The smallest absolute Gasteiger partial charge is 0.408 e. The third-order valence-electron chi connectivity index (χ3n) is 3.88. The zero-order valence-corrected chi connectivity index (χ0v) is 16.7. The van der Waals surface area contributed by atoms with E-state index in [2.05, 4.69) is 27.8 Å². The van der Waals surface area contributed by atoms with Crippen molar-refractivity contribution in [3.8, 4) is 0 Å². The van der Waals surface area contributed by atoms with Gasteiger partial charge >= 0.3 is 12.1 Å². The summed E-state index contributed by atoms with van der Waals surface area (Å²) in [7, 11) is 1.28. The third kappa shape index (κ3) is 6.90. The molecule has 0 saturated carbocycles. The van der Waals surface area contributed by atoms with E-state index >= 15 is 0 Å². The average Bonchev–Trinajstić information content (AvgIpc) is 2.68. The molecule has 0 aromatic heterocycles. The van der Waals surface area contributed by atoms with E-state index in [4.69, 9.17) is 9.47 Å². The lowest BCUT2D eigenvalue weighted by molar-refractivity contribution is -0.143. The summed E-state index contributed by atoms with van der Waals surface area (Å²) in [4.78, 5) is 24.1. The van der Waals surface area contributed by atoms with Crippen LogP contribution in [0.1, 0.15) is 17.5 Å². The number of carbonyl (C=O) groups is 2. The highest BCUT2D eigenvalue weighted by Gasteiger charge is 2.23. The molecule has 2 aromatic rings. The van der Waals surface area contributed by atoms with Crippen molar-refractivity contribution in [3.63, 3.8) is 0 Å². The fraction of sp³-hybridized carbons (Fsp3) is 0.238. The molecule has 1 unspecified atom stereocenters. The van der Waals surface area contributed by atoms with Crippen molar-refractivity contribution >= 4 is 28.0 Å². The van der Waals surface area contributed by atoms with Crippen molar-refractivity contribution in [3.05, 3.63) is 82.3 Å². The molecule has 2 aromatic carbocycles. The third-order valence-corrected chi connectivity index (χ3v) is 4.66. The number of hydrogen-bond donors (Lipinski definition) is 1. The molecule has 0 bridgehead atoms. The second-order valence-electron chi connectivity index (χ2n) is 6.00. The summed E-state index contributed by atoms with van der Waals surface area (Å²) in [5, 5.41) is 2.56. The van der Waals surface area contributed by atoms with Crippen LogP contribution in [0.4, 0.5) is 4.79 Å². The number of amides is 1. The molecular weight excluding hydrogens is 410 g/mol. The van der Waals surface area contributed by atoms with E-state index in [9.17, 15) is 9.59 Å². The van der Waals surface area contributed by atoms with Gasteiger partial charge in [-0.1, -0.05) is 76.6 Å². The summed E-state index contributed by atoms with van der Waals surface area (Å²) < 4.78 is 10.9. The minimum Gasteiger partial charge on any atom is -0.467 e. The molecule has 1 atom stereocenters. The molecule has 0 spiro atoms. The Kier molecular flexibility index (Phi) is 8.07. The second-order valence-corrected chi connectivity index (χ2v) is 6.86. The van der Waals surface area contributed by atoms with E-state index in [0.717, 1.165) is 21.2 Å². The topological polar surface area (TPSA) is 64.6 Å². The maximum atomic E-state index is 12.1. The minimum atomic E-state index is -0.853. The Labute approximate surface area is 167 Å². The van der Waals surface area contributed by atoms with Crippen molar-refractivity contribution in [1.82, 2.24) is 5.32 Å². The van der Waals surface area contributed by atoms with E-state index in [1.165, 1.54) is 7.11 Å². The number of hydrogen-bond acceptors (Lipinski definition) is 4. The standard InChI is InChI=1S/C21H22BrNO4/c1-15(12-17-10-6-7-11-18(17)22)13-19(20(24)26-2)23-21(25)27-14-16-8-4-3-5-9-16/h3-11,19H,1,12-14H2,2H3,(H,23,25). The molecule has 6 heteroatoms. The molecular formula is C21H22BrNO4. The largest absolute Gasteiger partial charge is 0.467 e. The number of ether oxygens (including phenoxy) is 2. The lowest BCUT2D eigenvalue weighted by Gasteiger charge is -2.18. The van der Waals surface area contributed by atoms with E-state index < -0.39 is 18.1 Å². The molecule has 5 nitrogen and oxygen atoms in total. The van der Waals surface area contributed by atoms with Crippen molar-refractivity contribution in [1.29, 1.82) is 0 Å². The summed E-state index contributed by atoms with van der Waals surface area (Å²) in [6.45, 7) is 4.15. The second kappa shape index (κ2) is 10.5. The Bertz CT molecular complexity index is 792. The van der Waals surface area contributed by atoms with E-state index in [0.29, 0.717) is 6.42 Å². The molecule has 0 aliphatic carbocycles. The highest BCUT2D eigenvalue weighted by Crippen LogP contribution is 2.20. The van der Waals surface area contributed by atoms with Gasteiger partial charge in [0, 0.05) is 4.47 Å². The minimum absolute atomic E-state index is 0.123. The van der Waals surface area contributed by atoms with Crippen LogP contribution in [0, 0.1) is 0 Å². The van der Waals surface area contributed by atoms with Crippen LogP contribution in [-0.2, 0) is 27.3 Å². The quantitative estimate of drug-likeness (QED) is 0.496. The number of halogens is 1. The van der Waals surface area contributed by atoms with Gasteiger partial charge in [0.1, 0.15) is 12.6 Å². The summed E-state index contributed by atoms with van der Waals surface area (Å²) in [6.07, 6.45) is 0.160. The Balaban J connectivity index is 1.92. The summed E-state index contributed by atoms with van der Waals surface area (Å²) >= 11 is 3.49. The molecule has 0 fully saturated rings. The van der Waals surface area contributed by atoms with Crippen LogP contribution < -0.4 is 5.32 Å². The Hall–Kier alpha value is -2.60. The van der Waals surface area contributed by atoms with Crippen LogP contribution in [0.3, 0.4) is 0 Å². The number of esters is 1.